The van der Waals surface area contributed by atoms with Crippen molar-refractivity contribution in [1.82, 2.24) is 14.7 Å². The monoisotopic (exact) mass is 399 g/mol. The van der Waals surface area contributed by atoms with E-state index in [1.165, 1.54) is 43.5 Å². The standard InChI is InChI=1S/C24H41N5/c1-17(2)26-24-22(15-25)18(3)14-23(28(24)6)20-9-12-29(13-10-20)19(4)21-8-7-11-27(5)16-21/h14-15,17,20-21,23H,4,7-13,16,25H2,1-3,5-6H3. The third-order valence-corrected chi connectivity index (χ3v) is 6.94. The first kappa shape index (κ1) is 21.9. The number of nitrogens with two attached hydrogens (primary N) is 1. The Kier molecular flexibility index (Phi) is 7.10. The summed E-state index contributed by atoms with van der Waals surface area (Å²) in [5, 5.41) is 0. The van der Waals surface area contributed by atoms with Crippen molar-refractivity contribution in [3.8, 4) is 0 Å². The molecule has 162 valence electrons. The van der Waals surface area contributed by atoms with Crippen molar-refractivity contribution < 1.29 is 0 Å². The van der Waals surface area contributed by atoms with E-state index < -0.39 is 0 Å². The van der Waals surface area contributed by atoms with E-state index in [9.17, 15) is 0 Å². The van der Waals surface area contributed by atoms with Crippen LogP contribution in [-0.2, 0) is 0 Å². The summed E-state index contributed by atoms with van der Waals surface area (Å²) < 4.78 is 0. The molecule has 5 nitrogen and oxygen atoms in total. The first-order valence-corrected chi connectivity index (χ1v) is 11.4. The van der Waals surface area contributed by atoms with Crippen LogP contribution in [0.3, 0.4) is 0 Å². The van der Waals surface area contributed by atoms with Gasteiger partial charge in [0.25, 0.3) is 0 Å². The fourth-order valence-corrected chi connectivity index (χ4v) is 5.25. The maximum Gasteiger partial charge on any atom is 0.133 e. The maximum atomic E-state index is 5.95. The zero-order valence-electron chi connectivity index (χ0n) is 19.2. The molecule has 0 saturated carbocycles. The van der Waals surface area contributed by atoms with E-state index in [4.69, 9.17) is 10.7 Å². The summed E-state index contributed by atoms with van der Waals surface area (Å²) in [6.07, 6.45) is 9.12. The Labute approximate surface area is 178 Å². The van der Waals surface area contributed by atoms with Gasteiger partial charge in [0.1, 0.15) is 5.84 Å². The van der Waals surface area contributed by atoms with E-state index in [-0.39, 0.29) is 6.04 Å². The predicted octanol–water partition coefficient (Wildman–Crippen LogP) is 3.46. The largest absolute Gasteiger partial charge is 0.404 e. The van der Waals surface area contributed by atoms with E-state index in [2.05, 4.69) is 62.2 Å². The Morgan fingerprint density at radius 1 is 1.21 bits per heavy atom. The maximum absolute atomic E-state index is 5.95. The molecule has 2 N–H and O–H groups in total. The summed E-state index contributed by atoms with van der Waals surface area (Å²) in [7, 11) is 4.42. The van der Waals surface area contributed by atoms with Crippen molar-refractivity contribution in [2.75, 3.05) is 40.3 Å². The minimum Gasteiger partial charge on any atom is -0.404 e. The van der Waals surface area contributed by atoms with Crippen LogP contribution in [0.4, 0.5) is 0 Å². The molecule has 0 bridgehead atoms. The molecule has 3 aliphatic heterocycles. The topological polar surface area (TPSA) is 48.1 Å². The molecule has 0 aromatic rings. The molecule has 0 aromatic heterocycles. The van der Waals surface area contributed by atoms with Crippen LogP contribution in [-0.4, -0.2) is 72.9 Å². The van der Waals surface area contributed by atoms with Gasteiger partial charge in [-0.3, -0.25) is 4.99 Å². The average Bonchev–Trinajstić information content (AvgIpc) is 2.70. The van der Waals surface area contributed by atoms with Crippen LogP contribution in [0.1, 0.15) is 46.5 Å². The fraction of sp³-hybridized carbons (Fsp3) is 0.708. The first-order chi connectivity index (χ1) is 13.8. The summed E-state index contributed by atoms with van der Waals surface area (Å²) in [6, 6.07) is 0.653. The number of hydrogen-bond acceptors (Lipinski definition) is 4. The van der Waals surface area contributed by atoms with Crippen molar-refractivity contribution in [3.05, 3.63) is 35.7 Å². The quantitative estimate of drug-likeness (QED) is 0.786. The summed E-state index contributed by atoms with van der Waals surface area (Å²) in [5.41, 5.74) is 9.65. The molecule has 3 aliphatic rings. The number of piperidine rings is 2. The lowest BCUT2D eigenvalue weighted by Gasteiger charge is -2.45. The highest BCUT2D eigenvalue weighted by Crippen LogP contribution is 2.34. The van der Waals surface area contributed by atoms with E-state index >= 15 is 0 Å². The van der Waals surface area contributed by atoms with Crippen LogP contribution in [0.15, 0.2) is 40.7 Å². The van der Waals surface area contributed by atoms with Gasteiger partial charge >= 0.3 is 0 Å². The second-order valence-electron chi connectivity index (χ2n) is 9.50. The molecule has 0 radical (unpaired) electrons. The lowest BCUT2D eigenvalue weighted by Crippen LogP contribution is -2.49. The molecular weight excluding hydrogens is 358 g/mol. The smallest absolute Gasteiger partial charge is 0.133 e. The lowest BCUT2D eigenvalue weighted by atomic mass is 9.83. The number of hydrogen-bond donors (Lipinski definition) is 1. The summed E-state index contributed by atoms with van der Waals surface area (Å²) in [6.45, 7) is 15.6. The van der Waals surface area contributed by atoms with Crippen LogP contribution in [0, 0.1) is 11.8 Å². The summed E-state index contributed by atoms with van der Waals surface area (Å²) in [4.78, 5) is 12.3. The molecule has 3 heterocycles. The number of likely N-dealkylation sites (N-methyl/N-ethyl adjacent to an activating group) is 1. The lowest BCUT2D eigenvalue weighted by molar-refractivity contribution is 0.145. The van der Waals surface area contributed by atoms with Crippen molar-refractivity contribution in [2.24, 2.45) is 22.6 Å². The van der Waals surface area contributed by atoms with Crippen LogP contribution >= 0.6 is 0 Å². The molecular formula is C24H41N5. The van der Waals surface area contributed by atoms with Gasteiger partial charge < -0.3 is 20.4 Å². The number of rotatable bonds is 4. The Bertz CT molecular complexity index is 681. The molecule has 2 fully saturated rings. The van der Waals surface area contributed by atoms with E-state index in [0.29, 0.717) is 17.9 Å². The number of nitrogens with zero attached hydrogens (tertiary/aromatic N) is 4. The molecule has 0 aromatic carbocycles. The molecule has 0 amide bonds. The highest BCUT2D eigenvalue weighted by molar-refractivity contribution is 6.03. The van der Waals surface area contributed by atoms with Crippen molar-refractivity contribution in [2.45, 2.75) is 58.5 Å². The van der Waals surface area contributed by atoms with Gasteiger partial charge in [-0.2, -0.15) is 0 Å². The summed E-state index contributed by atoms with van der Waals surface area (Å²) >= 11 is 0. The average molecular weight is 400 g/mol. The van der Waals surface area contributed by atoms with Crippen molar-refractivity contribution in [3.63, 3.8) is 0 Å². The van der Waals surface area contributed by atoms with Crippen molar-refractivity contribution in [1.29, 1.82) is 0 Å². The van der Waals surface area contributed by atoms with Gasteiger partial charge in [-0.15, -0.1) is 0 Å². The zero-order chi connectivity index (χ0) is 21.1. The molecule has 5 heteroatoms. The third-order valence-electron chi connectivity index (χ3n) is 6.94. The SMILES string of the molecule is C=C(C1CCCN(C)C1)N1CCC(C2C=C(C)C(=CN)C(=NC(C)C)N2C)CC1. The zero-order valence-corrected chi connectivity index (χ0v) is 19.2. The minimum absolute atomic E-state index is 0.257. The van der Waals surface area contributed by atoms with E-state index in [1.54, 1.807) is 6.20 Å². The van der Waals surface area contributed by atoms with Crippen molar-refractivity contribution >= 4 is 5.84 Å². The van der Waals surface area contributed by atoms with Gasteiger partial charge in [0.05, 0.1) is 6.04 Å². The summed E-state index contributed by atoms with van der Waals surface area (Å²) in [5.74, 6) is 2.32. The number of amidine groups is 1. The molecule has 0 spiro atoms. The first-order valence-electron chi connectivity index (χ1n) is 11.4. The van der Waals surface area contributed by atoms with Crippen LogP contribution in [0.2, 0.25) is 0 Å². The number of aliphatic imine (C=N–C) groups is 1. The molecule has 3 rings (SSSR count). The molecule has 2 unspecified atom stereocenters. The Hall–Kier alpha value is -1.75. The molecule has 0 aliphatic carbocycles. The molecule has 29 heavy (non-hydrogen) atoms. The Balaban J connectivity index is 1.67. The van der Waals surface area contributed by atoms with E-state index in [0.717, 1.165) is 31.0 Å². The second-order valence-corrected chi connectivity index (χ2v) is 9.50. The second kappa shape index (κ2) is 9.38. The van der Waals surface area contributed by atoms with E-state index in [1.807, 2.05) is 0 Å². The Morgan fingerprint density at radius 3 is 2.48 bits per heavy atom. The molecule has 2 saturated heterocycles. The van der Waals surface area contributed by atoms with Gasteiger partial charge in [-0.1, -0.05) is 12.7 Å². The molecule has 2 atom stereocenters. The predicted molar refractivity (Wildman–Crippen MR) is 124 cm³/mol. The number of likely N-dealkylation sites (tertiary alicyclic amines) is 2. The highest BCUT2D eigenvalue weighted by Gasteiger charge is 2.35. The fourth-order valence-electron chi connectivity index (χ4n) is 5.25. The van der Waals surface area contributed by atoms with Crippen LogP contribution < -0.4 is 5.73 Å². The van der Waals surface area contributed by atoms with Gasteiger partial charge in [-0.25, -0.2) is 0 Å². The minimum atomic E-state index is 0.257. The van der Waals surface area contributed by atoms with Gasteiger partial charge in [0, 0.05) is 56.1 Å². The van der Waals surface area contributed by atoms with Gasteiger partial charge in [-0.05, 0) is 71.5 Å². The third kappa shape index (κ3) is 4.88. The Morgan fingerprint density at radius 2 is 1.90 bits per heavy atom. The highest BCUT2D eigenvalue weighted by atomic mass is 15.2. The van der Waals surface area contributed by atoms with Crippen LogP contribution in [0.5, 0.6) is 0 Å². The van der Waals surface area contributed by atoms with Gasteiger partial charge in [0.2, 0.25) is 0 Å². The van der Waals surface area contributed by atoms with Crippen LogP contribution in [0.25, 0.3) is 0 Å². The normalized spacial score (nSPS) is 30.3. The van der Waals surface area contributed by atoms with Gasteiger partial charge in [0.15, 0.2) is 0 Å².